The number of hydrogen-bond acceptors (Lipinski definition) is 2. The van der Waals surface area contributed by atoms with E-state index in [1.807, 2.05) is 18.2 Å². The third kappa shape index (κ3) is 2.36. The molecule has 1 aromatic rings. The zero-order valence-electron chi connectivity index (χ0n) is 10.6. The van der Waals surface area contributed by atoms with Crippen molar-refractivity contribution in [1.29, 1.82) is 0 Å². The maximum absolute atomic E-state index is 5.18. The Bertz CT molecular complexity index is 514. The summed E-state index contributed by atoms with van der Waals surface area (Å²) in [4.78, 5) is 2.19. The monoisotopic (exact) mass is 305 g/mol. The zero-order valence-corrected chi connectivity index (χ0v) is 12.2. The van der Waals surface area contributed by atoms with Crippen LogP contribution in [-0.4, -0.2) is 18.6 Å². The fourth-order valence-corrected chi connectivity index (χ4v) is 2.33. The lowest BCUT2D eigenvalue weighted by molar-refractivity contribution is 0.414. The molecule has 2 rings (SSSR count). The molecule has 0 atom stereocenters. The number of allylic oxidation sites excluding steroid dienone is 3. The molecule has 0 spiro atoms. The fourth-order valence-electron chi connectivity index (χ4n) is 1.99. The van der Waals surface area contributed by atoms with E-state index in [0.29, 0.717) is 0 Å². The summed E-state index contributed by atoms with van der Waals surface area (Å²) in [5.41, 5.74) is 3.31. The largest absolute Gasteiger partial charge is 0.497 e. The Morgan fingerprint density at radius 3 is 2.44 bits per heavy atom. The van der Waals surface area contributed by atoms with Crippen molar-refractivity contribution in [2.24, 2.45) is 0 Å². The highest BCUT2D eigenvalue weighted by molar-refractivity contribution is 9.12. The van der Waals surface area contributed by atoms with Crippen molar-refractivity contribution in [3.05, 3.63) is 58.7 Å². The Hall–Kier alpha value is -1.48. The van der Waals surface area contributed by atoms with Gasteiger partial charge in [-0.25, -0.2) is 0 Å². The van der Waals surface area contributed by atoms with Gasteiger partial charge in [0.1, 0.15) is 5.75 Å². The number of likely N-dealkylation sites (N-methyl/N-ethyl adjacent to an activating group) is 1. The smallest absolute Gasteiger partial charge is 0.118 e. The molecule has 0 unspecified atom stereocenters. The van der Waals surface area contributed by atoms with Gasteiger partial charge in [-0.2, -0.15) is 0 Å². The van der Waals surface area contributed by atoms with Crippen LogP contribution in [0.3, 0.4) is 0 Å². The molecular weight excluding hydrogens is 290 g/mol. The third-order valence-corrected chi connectivity index (χ3v) is 3.70. The summed E-state index contributed by atoms with van der Waals surface area (Å²) >= 11 is 3.51. The van der Waals surface area contributed by atoms with E-state index in [4.69, 9.17) is 4.74 Å². The molecule has 0 amide bonds. The molecule has 0 aromatic heterocycles. The molecule has 0 radical (unpaired) electrons. The summed E-state index contributed by atoms with van der Waals surface area (Å²) in [6.07, 6.45) is 4.14. The van der Waals surface area contributed by atoms with Gasteiger partial charge >= 0.3 is 0 Å². The van der Waals surface area contributed by atoms with Gasteiger partial charge in [0.2, 0.25) is 0 Å². The third-order valence-electron chi connectivity index (χ3n) is 2.98. The summed E-state index contributed by atoms with van der Waals surface area (Å²) < 4.78 is 6.21. The number of benzene rings is 1. The van der Waals surface area contributed by atoms with Crippen LogP contribution in [0.25, 0.3) is 5.70 Å². The Labute approximate surface area is 116 Å². The van der Waals surface area contributed by atoms with E-state index in [0.717, 1.165) is 33.7 Å². The molecule has 2 nitrogen and oxygen atoms in total. The number of hydrogen-bond donors (Lipinski definition) is 0. The lowest BCUT2D eigenvalue weighted by Gasteiger charge is -2.30. The molecule has 0 aliphatic carbocycles. The standard InChI is InChI=1S/C15H16BrNO/c1-4-17-11(2)14(16)9-10-15(17)12-5-7-13(18-3)8-6-12/h5-10H,2,4H2,1,3H3. The highest BCUT2D eigenvalue weighted by atomic mass is 79.9. The van der Waals surface area contributed by atoms with Gasteiger partial charge in [-0.05, 0) is 64.8 Å². The minimum atomic E-state index is 0.869. The van der Waals surface area contributed by atoms with Gasteiger partial charge in [0.25, 0.3) is 0 Å². The Balaban J connectivity index is 2.38. The van der Waals surface area contributed by atoms with Crippen molar-refractivity contribution in [2.75, 3.05) is 13.7 Å². The van der Waals surface area contributed by atoms with E-state index in [9.17, 15) is 0 Å². The molecular formula is C15H16BrNO. The van der Waals surface area contributed by atoms with Gasteiger partial charge in [0, 0.05) is 22.4 Å². The summed E-state index contributed by atoms with van der Waals surface area (Å²) in [6, 6.07) is 8.07. The highest BCUT2D eigenvalue weighted by Gasteiger charge is 2.18. The van der Waals surface area contributed by atoms with Crippen LogP contribution < -0.4 is 4.74 Å². The molecule has 94 valence electrons. The number of nitrogens with zero attached hydrogens (tertiary/aromatic N) is 1. The van der Waals surface area contributed by atoms with Crippen LogP contribution in [-0.2, 0) is 0 Å². The van der Waals surface area contributed by atoms with Crippen LogP contribution in [0, 0.1) is 0 Å². The summed E-state index contributed by atoms with van der Waals surface area (Å²) in [6.45, 7) is 7.11. The molecule has 0 saturated carbocycles. The fraction of sp³-hybridized carbons (Fsp3) is 0.200. The average molecular weight is 306 g/mol. The predicted octanol–water partition coefficient (Wildman–Crippen LogP) is 4.16. The van der Waals surface area contributed by atoms with Crippen molar-refractivity contribution in [1.82, 2.24) is 4.90 Å². The van der Waals surface area contributed by atoms with Gasteiger partial charge in [0.05, 0.1) is 7.11 Å². The predicted molar refractivity (Wildman–Crippen MR) is 79.5 cm³/mol. The Kier molecular flexibility index (Phi) is 3.92. The molecule has 0 N–H and O–H groups in total. The van der Waals surface area contributed by atoms with Gasteiger partial charge < -0.3 is 9.64 Å². The van der Waals surface area contributed by atoms with Crippen molar-refractivity contribution in [3.63, 3.8) is 0 Å². The van der Waals surface area contributed by atoms with Crippen molar-refractivity contribution >= 4 is 21.6 Å². The lowest BCUT2D eigenvalue weighted by Crippen LogP contribution is -2.22. The van der Waals surface area contributed by atoms with E-state index in [1.165, 1.54) is 0 Å². The Morgan fingerprint density at radius 1 is 1.22 bits per heavy atom. The molecule has 3 heteroatoms. The van der Waals surface area contributed by atoms with E-state index in [2.05, 4.69) is 52.5 Å². The first-order valence-corrected chi connectivity index (χ1v) is 6.65. The minimum Gasteiger partial charge on any atom is -0.497 e. The first-order valence-electron chi connectivity index (χ1n) is 5.86. The van der Waals surface area contributed by atoms with Crippen LogP contribution >= 0.6 is 15.9 Å². The highest BCUT2D eigenvalue weighted by Crippen LogP contribution is 2.33. The maximum atomic E-state index is 5.18. The second-order valence-electron chi connectivity index (χ2n) is 3.99. The number of rotatable bonds is 3. The zero-order chi connectivity index (χ0) is 13.1. The topological polar surface area (TPSA) is 12.5 Å². The number of ether oxygens (including phenoxy) is 1. The van der Waals surface area contributed by atoms with Crippen molar-refractivity contribution < 1.29 is 4.74 Å². The SMILES string of the molecule is C=C1C(Br)=CC=C(c2ccc(OC)cc2)N1CC. The van der Waals surface area contributed by atoms with E-state index in [-0.39, 0.29) is 0 Å². The molecule has 1 heterocycles. The molecule has 0 bridgehead atoms. The van der Waals surface area contributed by atoms with Crippen LogP contribution in [0.15, 0.2) is 53.2 Å². The molecule has 1 aromatic carbocycles. The molecule has 1 aliphatic rings. The molecule has 0 fully saturated rings. The lowest BCUT2D eigenvalue weighted by atomic mass is 10.1. The quantitative estimate of drug-likeness (QED) is 0.831. The number of halogens is 1. The summed E-state index contributed by atoms with van der Waals surface area (Å²) in [5.74, 6) is 0.869. The van der Waals surface area contributed by atoms with E-state index in [1.54, 1.807) is 7.11 Å². The molecule has 0 saturated heterocycles. The minimum absolute atomic E-state index is 0.869. The van der Waals surface area contributed by atoms with E-state index >= 15 is 0 Å². The van der Waals surface area contributed by atoms with Gasteiger partial charge in [-0.3, -0.25) is 0 Å². The van der Waals surface area contributed by atoms with Crippen molar-refractivity contribution in [3.8, 4) is 5.75 Å². The number of methoxy groups -OCH3 is 1. The second-order valence-corrected chi connectivity index (χ2v) is 4.84. The van der Waals surface area contributed by atoms with Gasteiger partial charge in [-0.15, -0.1) is 0 Å². The van der Waals surface area contributed by atoms with E-state index < -0.39 is 0 Å². The summed E-state index contributed by atoms with van der Waals surface area (Å²) in [5, 5.41) is 0. The maximum Gasteiger partial charge on any atom is 0.118 e. The normalized spacial score (nSPS) is 15.3. The average Bonchev–Trinajstić information content (AvgIpc) is 2.42. The van der Waals surface area contributed by atoms with Crippen LogP contribution in [0.1, 0.15) is 12.5 Å². The Morgan fingerprint density at radius 2 is 1.89 bits per heavy atom. The summed E-state index contributed by atoms with van der Waals surface area (Å²) in [7, 11) is 1.68. The second kappa shape index (κ2) is 5.44. The first kappa shape index (κ1) is 13.0. The molecule has 1 aliphatic heterocycles. The van der Waals surface area contributed by atoms with Gasteiger partial charge in [0.15, 0.2) is 0 Å². The van der Waals surface area contributed by atoms with Crippen LogP contribution in [0.5, 0.6) is 5.75 Å². The van der Waals surface area contributed by atoms with Crippen LogP contribution in [0.2, 0.25) is 0 Å². The van der Waals surface area contributed by atoms with Crippen LogP contribution in [0.4, 0.5) is 0 Å². The van der Waals surface area contributed by atoms with Gasteiger partial charge in [-0.1, -0.05) is 6.58 Å². The first-order chi connectivity index (χ1) is 8.67. The van der Waals surface area contributed by atoms with Crippen molar-refractivity contribution in [2.45, 2.75) is 6.92 Å². The molecule has 18 heavy (non-hydrogen) atoms.